The molecule has 1 saturated heterocycles. The van der Waals surface area contributed by atoms with Gasteiger partial charge in [0, 0.05) is 23.3 Å². The third-order valence-electron chi connectivity index (χ3n) is 6.36. The number of rotatable bonds is 4. The van der Waals surface area contributed by atoms with Crippen molar-refractivity contribution in [1.82, 2.24) is 4.90 Å². The van der Waals surface area contributed by atoms with E-state index in [1.165, 1.54) is 18.2 Å². The van der Waals surface area contributed by atoms with Gasteiger partial charge in [0.25, 0.3) is 11.1 Å². The fraction of sp³-hybridized carbons (Fsp3) is 0.320. The topological polar surface area (TPSA) is 69.7 Å². The lowest BCUT2D eigenvalue weighted by molar-refractivity contribution is -0.127. The molecule has 2 aliphatic heterocycles. The first-order valence-corrected chi connectivity index (χ1v) is 12.0. The zero-order valence-corrected chi connectivity index (χ0v) is 20.9. The molecule has 3 amide bonds. The lowest BCUT2D eigenvalue weighted by Crippen LogP contribution is -2.45. The van der Waals surface area contributed by atoms with Crippen LogP contribution in [0.3, 0.4) is 0 Å². The smallest absolute Gasteiger partial charge is 0.294 e. The van der Waals surface area contributed by atoms with Crippen molar-refractivity contribution in [3.63, 3.8) is 0 Å². The molecule has 2 aromatic carbocycles. The molecule has 0 aromatic heterocycles. The van der Waals surface area contributed by atoms with Crippen molar-refractivity contribution in [3.05, 3.63) is 63.3 Å². The second kappa shape index (κ2) is 9.07. The summed E-state index contributed by atoms with van der Waals surface area (Å²) in [6, 6.07) is 9.54. The molecule has 178 valence electrons. The number of fused-ring (bicyclic) bond motifs is 1. The van der Waals surface area contributed by atoms with Crippen LogP contribution in [0.1, 0.15) is 44.2 Å². The van der Waals surface area contributed by atoms with E-state index >= 15 is 0 Å². The molecule has 2 aromatic rings. The van der Waals surface area contributed by atoms with Crippen LogP contribution in [0.15, 0.2) is 41.3 Å². The van der Waals surface area contributed by atoms with Crippen molar-refractivity contribution >= 4 is 57.9 Å². The Bertz CT molecular complexity index is 1230. The number of imide groups is 1. The van der Waals surface area contributed by atoms with Crippen LogP contribution in [0.25, 0.3) is 6.08 Å². The fourth-order valence-corrected chi connectivity index (χ4v) is 5.43. The van der Waals surface area contributed by atoms with Crippen LogP contribution in [0.5, 0.6) is 0 Å². The molecule has 34 heavy (non-hydrogen) atoms. The normalized spacial score (nSPS) is 20.6. The van der Waals surface area contributed by atoms with Crippen LogP contribution >= 0.6 is 23.4 Å². The Morgan fingerprint density at radius 3 is 2.71 bits per heavy atom. The second-order valence-corrected chi connectivity index (χ2v) is 10.6. The van der Waals surface area contributed by atoms with Gasteiger partial charge in [-0.25, -0.2) is 4.39 Å². The van der Waals surface area contributed by atoms with E-state index in [1.54, 1.807) is 12.1 Å². The molecule has 6 nitrogen and oxygen atoms in total. The Morgan fingerprint density at radius 2 is 2.00 bits per heavy atom. The molecule has 0 bridgehead atoms. The molecule has 0 spiro atoms. The molecule has 0 unspecified atom stereocenters. The molecule has 1 fully saturated rings. The minimum absolute atomic E-state index is 0.0108. The predicted molar refractivity (Wildman–Crippen MR) is 135 cm³/mol. The van der Waals surface area contributed by atoms with Gasteiger partial charge in [0.1, 0.15) is 12.4 Å². The number of nitrogens with zero attached hydrogens (tertiary/aromatic N) is 2. The van der Waals surface area contributed by atoms with Crippen molar-refractivity contribution < 1.29 is 18.8 Å². The van der Waals surface area contributed by atoms with Gasteiger partial charge in [0.2, 0.25) is 5.91 Å². The minimum atomic E-state index is -0.667. The van der Waals surface area contributed by atoms with E-state index in [0.717, 1.165) is 34.3 Å². The van der Waals surface area contributed by atoms with Crippen LogP contribution in [0.4, 0.5) is 20.6 Å². The number of carbonyl (C=O) groups excluding carboxylic acids is 3. The molecule has 0 radical (unpaired) electrons. The molecule has 2 aliphatic rings. The van der Waals surface area contributed by atoms with Crippen LogP contribution in [-0.2, 0) is 9.59 Å². The summed E-state index contributed by atoms with van der Waals surface area (Å²) in [5.41, 5.74) is 2.79. The van der Waals surface area contributed by atoms with Gasteiger partial charge in [-0.05, 0) is 79.4 Å². The van der Waals surface area contributed by atoms with Gasteiger partial charge in [-0.2, -0.15) is 0 Å². The number of benzene rings is 2. The molecule has 1 atom stereocenters. The van der Waals surface area contributed by atoms with Crippen molar-refractivity contribution in [1.29, 1.82) is 0 Å². The Kier molecular flexibility index (Phi) is 6.48. The average molecular weight is 502 g/mol. The summed E-state index contributed by atoms with van der Waals surface area (Å²) in [4.78, 5) is 40.9. The summed E-state index contributed by atoms with van der Waals surface area (Å²) in [6.45, 7) is 6.03. The first-order chi connectivity index (χ1) is 16.0. The van der Waals surface area contributed by atoms with E-state index in [-0.39, 0.29) is 16.1 Å². The van der Waals surface area contributed by atoms with Crippen LogP contribution < -0.4 is 10.2 Å². The number of para-hydroxylation sites is 1. The largest absolute Gasteiger partial charge is 0.369 e. The van der Waals surface area contributed by atoms with Gasteiger partial charge in [-0.15, -0.1) is 0 Å². The summed E-state index contributed by atoms with van der Waals surface area (Å²) in [5.74, 6) is -1.56. The molecular weight excluding hydrogens is 477 g/mol. The summed E-state index contributed by atoms with van der Waals surface area (Å²) in [5, 5.41) is 2.29. The predicted octanol–water partition coefficient (Wildman–Crippen LogP) is 5.88. The molecule has 0 aliphatic carbocycles. The number of anilines is 2. The summed E-state index contributed by atoms with van der Waals surface area (Å²) >= 11 is 7.32. The van der Waals surface area contributed by atoms with Crippen molar-refractivity contribution in [2.24, 2.45) is 0 Å². The molecule has 9 heteroatoms. The number of hydrogen-bond donors (Lipinski definition) is 1. The lowest BCUT2D eigenvalue weighted by atomic mass is 9.80. The van der Waals surface area contributed by atoms with Crippen LogP contribution in [0, 0.1) is 5.82 Å². The highest BCUT2D eigenvalue weighted by molar-refractivity contribution is 8.18. The average Bonchev–Trinajstić information content (AvgIpc) is 3.02. The Labute approximate surface area is 207 Å². The molecule has 4 rings (SSSR count). The highest BCUT2D eigenvalue weighted by Gasteiger charge is 2.37. The van der Waals surface area contributed by atoms with Gasteiger partial charge in [-0.1, -0.05) is 30.7 Å². The standard InChI is InChI=1S/C25H25ClFN3O3S/c1-14-12-25(2,3)29(4)20-11-17(26)15(9-16(14)20)10-21-23(32)30(24(33)34-21)13-22(31)28-19-8-6-5-7-18(19)27/h5-11,14H,12-13H2,1-4H3,(H,28,31)/b21-10-/t14-/m1/s1. The van der Waals surface area contributed by atoms with Crippen molar-refractivity contribution in [2.75, 3.05) is 23.8 Å². The molecule has 0 saturated carbocycles. The Morgan fingerprint density at radius 1 is 1.29 bits per heavy atom. The maximum atomic E-state index is 13.8. The van der Waals surface area contributed by atoms with Crippen LogP contribution in [-0.4, -0.2) is 41.1 Å². The fourth-order valence-electron chi connectivity index (χ4n) is 4.39. The first kappa shape index (κ1) is 24.3. The number of thioether (sulfide) groups is 1. The Hall–Kier alpha value is -2.84. The van der Waals surface area contributed by atoms with Gasteiger partial charge < -0.3 is 10.2 Å². The SMILES string of the molecule is C[C@@H]1CC(C)(C)N(C)c2cc(Cl)c(/C=C3\SC(=O)N(CC(=O)Nc4ccccc4F)C3=O)cc21. The van der Waals surface area contributed by atoms with Gasteiger partial charge >= 0.3 is 0 Å². The molecule has 1 N–H and O–H groups in total. The van der Waals surface area contributed by atoms with E-state index < -0.39 is 29.4 Å². The zero-order chi connectivity index (χ0) is 24.8. The van der Waals surface area contributed by atoms with E-state index in [2.05, 4.69) is 31.0 Å². The summed E-state index contributed by atoms with van der Waals surface area (Å²) in [6.07, 6.45) is 2.56. The number of carbonyl (C=O) groups is 3. The first-order valence-electron chi connectivity index (χ1n) is 10.8. The zero-order valence-electron chi connectivity index (χ0n) is 19.3. The lowest BCUT2D eigenvalue weighted by Gasteiger charge is -2.45. The van der Waals surface area contributed by atoms with E-state index in [1.807, 2.05) is 19.2 Å². The minimum Gasteiger partial charge on any atom is -0.369 e. The third-order valence-corrected chi connectivity index (χ3v) is 7.60. The highest BCUT2D eigenvalue weighted by Crippen LogP contribution is 2.45. The number of nitrogens with one attached hydrogen (secondary N) is 1. The van der Waals surface area contributed by atoms with Gasteiger partial charge in [-0.3, -0.25) is 19.3 Å². The monoisotopic (exact) mass is 501 g/mol. The second-order valence-electron chi connectivity index (χ2n) is 9.21. The van der Waals surface area contributed by atoms with Gasteiger partial charge in [0.05, 0.1) is 10.6 Å². The quantitative estimate of drug-likeness (QED) is 0.530. The number of halogens is 2. The Balaban J connectivity index is 1.55. The number of amides is 3. The molecule has 2 heterocycles. The van der Waals surface area contributed by atoms with Gasteiger partial charge in [0.15, 0.2) is 0 Å². The highest BCUT2D eigenvalue weighted by atomic mass is 35.5. The van der Waals surface area contributed by atoms with E-state index in [0.29, 0.717) is 16.5 Å². The van der Waals surface area contributed by atoms with E-state index in [4.69, 9.17) is 11.6 Å². The maximum absolute atomic E-state index is 13.8. The molecular formula is C25H25ClFN3O3S. The summed E-state index contributed by atoms with van der Waals surface area (Å²) in [7, 11) is 2.04. The van der Waals surface area contributed by atoms with Crippen LogP contribution in [0.2, 0.25) is 5.02 Å². The van der Waals surface area contributed by atoms with E-state index in [9.17, 15) is 18.8 Å². The van der Waals surface area contributed by atoms with Crippen molar-refractivity contribution in [3.8, 4) is 0 Å². The van der Waals surface area contributed by atoms with Crippen molar-refractivity contribution in [2.45, 2.75) is 38.6 Å². The number of hydrogen-bond acceptors (Lipinski definition) is 5. The third kappa shape index (κ3) is 4.57. The summed E-state index contributed by atoms with van der Waals surface area (Å²) < 4.78 is 13.8. The maximum Gasteiger partial charge on any atom is 0.294 e.